The van der Waals surface area contributed by atoms with Gasteiger partial charge in [0.25, 0.3) is 6.43 Å². The van der Waals surface area contributed by atoms with Crippen molar-refractivity contribution in [2.45, 2.75) is 19.9 Å². The Bertz CT molecular complexity index is 358. The van der Waals surface area contributed by atoms with E-state index in [1.807, 2.05) is 0 Å². The first-order valence-corrected chi connectivity index (χ1v) is 5.88. The van der Waals surface area contributed by atoms with E-state index in [0.29, 0.717) is 19.0 Å². The summed E-state index contributed by atoms with van der Waals surface area (Å²) >= 11 is 5.56. The molecule has 0 aliphatic carbocycles. The van der Waals surface area contributed by atoms with E-state index in [9.17, 15) is 13.2 Å². The van der Waals surface area contributed by atoms with Gasteiger partial charge in [-0.3, -0.25) is 4.90 Å². The van der Waals surface area contributed by atoms with Crippen molar-refractivity contribution < 1.29 is 13.2 Å². The predicted molar refractivity (Wildman–Crippen MR) is 63.1 cm³/mol. The third-order valence-corrected chi connectivity index (χ3v) is 2.66. The third-order valence-electron chi connectivity index (χ3n) is 2.50. The molecule has 0 bridgehead atoms. The summed E-state index contributed by atoms with van der Waals surface area (Å²) in [7, 11) is 0. The van der Waals surface area contributed by atoms with E-state index >= 15 is 0 Å². The topological polar surface area (TPSA) is 3.24 Å². The number of hydrogen-bond acceptors (Lipinski definition) is 1. The van der Waals surface area contributed by atoms with E-state index in [0.717, 1.165) is 11.1 Å². The van der Waals surface area contributed by atoms with Gasteiger partial charge in [0.15, 0.2) is 0 Å². The molecule has 96 valence electrons. The molecule has 0 atom stereocenters. The van der Waals surface area contributed by atoms with E-state index in [-0.39, 0.29) is 12.4 Å². The molecule has 1 nitrogen and oxygen atoms in total. The average Bonchev–Trinajstić information content (AvgIpc) is 2.21. The SMILES string of the molecule is Cc1cc(F)ccc1CN(CCCl)CC(F)F. The maximum atomic E-state index is 12.9. The molecule has 0 aliphatic heterocycles. The second-order valence-electron chi connectivity index (χ2n) is 3.89. The molecule has 0 heterocycles. The van der Waals surface area contributed by atoms with Crippen molar-refractivity contribution in [3.8, 4) is 0 Å². The summed E-state index contributed by atoms with van der Waals surface area (Å²) in [6.07, 6.45) is -2.39. The van der Waals surface area contributed by atoms with Crippen LogP contribution in [0.3, 0.4) is 0 Å². The Balaban J connectivity index is 2.71. The lowest BCUT2D eigenvalue weighted by Crippen LogP contribution is -2.30. The molecule has 0 amide bonds. The highest BCUT2D eigenvalue weighted by Crippen LogP contribution is 2.13. The lowest BCUT2D eigenvalue weighted by molar-refractivity contribution is 0.0877. The summed E-state index contributed by atoms with van der Waals surface area (Å²) in [6.45, 7) is 2.20. The van der Waals surface area contributed by atoms with Crippen molar-refractivity contribution in [2.75, 3.05) is 19.0 Å². The predicted octanol–water partition coefficient (Wildman–Crippen LogP) is 3.44. The normalized spacial score (nSPS) is 11.5. The molecular formula is C12H15ClF3N. The Morgan fingerprint density at radius 3 is 2.59 bits per heavy atom. The van der Waals surface area contributed by atoms with Gasteiger partial charge in [-0.15, -0.1) is 11.6 Å². The Morgan fingerprint density at radius 1 is 1.35 bits per heavy atom. The van der Waals surface area contributed by atoms with Crippen LogP contribution in [-0.4, -0.2) is 30.3 Å². The van der Waals surface area contributed by atoms with Crippen LogP contribution in [-0.2, 0) is 6.54 Å². The van der Waals surface area contributed by atoms with Gasteiger partial charge in [0.2, 0.25) is 0 Å². The zero-order chi connectivity index (χ0) is 12.8. The zero-order valence-electron chi connectivity index (χ0n) is 9.60. The molecule has 0 unspecified atom stereocenters. The Labute approximate surface area is 104 Å². The summed E-state index contributed by atoms with van der Waals surface area (Å²) in [4.78, 5) is 1.57. The van der Waals surface area contributed by atoms with Crippen LogP contribution in [0.1, 0.15) is 11.1 Å². The number of alkyl halides is 3. The molecule has 0 N–H and O–H groups in total. The highest BCUT2D eigenvalue weighted by Gasteiger charge is 2.13. The maximum Gasteiger partial charge on any atom is 0.251 e. The van der Waals surface area contributed by atoms with Crippen LogP contribution >= 0.6 is 11.6 Å². The standard InChI is InChI=1S/C12H15ClF3N/c1-9-6-11(14)3-2-10(9)7-17(5-4-13)8-12(15)16/h2-3,6,12H,4-5,7-8H2,1H3. The second-order valence-corrected chi connectivity index (χ2v) is 4.26. The minimum absolute atomic E-state index is 0.299. The smallest absolute Gasteiger partial charge is 0.251 e. The van der Waals surface area contributed by atoms with Crippen LogP contribution in [0.25, 0.3) is 0 Å². The molecule has 5 heteroatoms. The molecular weight excluding hydrogens is 251 g/mol. The molecule has 0 saturated heterocycles. The van der Waals surface area contributed by atoms with Crippen molar-refractivity contribution >= 4 is 11.6 Å². The van der Waals surface area contributed by atoms with Gasteiger partial charge in [0.1, 0.15) is 5.82 Å². The summed E-state index contributed by atoms with van der Waals surface area (Å²) in [6, 6.07) is 4.36. The van der Waals surface area contributed by atoms with Gasteiger partial charge in [0, 0.05) is 19.0 Å². The van der Waals surface area contributed by atoms with Crippen LogP contribution < -0.4 is 0 Å². The van der Waals surface area contributed by atoms with E-state index in [1.54, 1.807) is 17.9 Å². The van der Waals surface area contributed by atoms with E-state index < -0.39 is 6.43 Å². The van der Waals surface area contributed by atoms with Crippen molar-refractivity contribution in [2.24, 2.45) is 0 Å². The second kappa shape index (κ2) is 6.87. The highest BCUT2D eigenvalue weighted by molar-refractivity contribution is 6.18. The van der Waals surface area contributed by atoms with Crippen molar-refractivity contribution in [3.63, 3.8) is 0 Å². The minimum atomic E-state index is -2.39. The first-order valence-electron chi connectivity index (χ1n) is 5.34. The lowest BCUT2D eigenvalue weighted by Gasteiger charge is -2.21. The van der Waals surface area contributed by atoms with E-state index in [4.69, 9.17) is 11.6 Å². The van der Waals surface area contributed by atoms with Crippen LogP contribution in [0.2, 0.25) is 0 Å². The van der Waals surface area contributed by atoms with Crippen LogP contribution in [0.4, 0.5) is 13.2 Å². The van der Waals surface area contributed by atoms with Crippen LogP contribution in [0.15, 0.2) is 18.2 Å². The molecule has 1 aromatic carbocycles. The number of rotatable bonds is 6. The minimum Gasteiger partial charge on any atom is -0.292 e. The molecule has 1 aromatic rings. The van der Waals surface area contributed by atoms with Gasteiger partial charge in [-0.25, -0.2) is 13.2 Å². The molecule has 0 spiro atoms. The Hall–Kier alpha value is -0.740. The molecule has 17 heavy (non-hydrogen) atoms. The summed E-state index contributed by atoms with van der Waals surface area (Å²) in [5.74, 6) is -0.0172. The molecule has 0 fully saturated rings. The van der Waals surface area contributed by atoms with E-state index in [1.165, 1.54) is 12.1 Å². The highest BCUT2D eigenvalue weighted by atomic mass is 35.5. The largest absolute Gasteiger partial charge is 0.292 e. The number of benzene rings is 1. The van der Waals surface area contributed by atoms with Gasteiger partial charge in [-0.2, -0.15) is 0 Å². The quantitative estimate of drug-likeness (QED) is 0.712. The molecule has 0 aromatic heterocycles. The first-order chi connectivity index (χ1) is 8.02. The fourth-order valence-electron chi connectivity index (χ4n) is 1.63. The van der Waals surface area contributed by atoms with Gasteiger partial charge >= 0.3 is 0 Å². The van der Waals surface area contributed by atoms with Crippen molar-refractivity contribution in [1.29, 1.82) is 0 Å². The third kappa shape index (κ3) is 4.96. The molecule has 0 radical (unpaired) electrons. The van der Waals surface area contributed by atoms with Gasteiger partial charge in [0.05, 0.1) is 6.54 Å². The molecule has 0 aliphatic rings. The summed E-state index contributed by atoms with van der Waals surface area (Å²) in [5.41, 5.74) is 1.61. The monoisotopic (exact) mass is 265 g/mol. The number of aryl methyl sites for hydroxylation is 1. The van der Waals surface area contributed by atoms with Gasteiger partial charge < -0.3 is 0 Å². The van der Waals surface area contributed by atoms with Crippen LogP contribution in [0, 0.1) is 12.7 Å². The molecule has 0 saturated carbocycles. The lowest BCUT2D eigenvalue weighted by atomic mass is 10.1. The average molecular weight is 266 g/mol. The number of hydrogen-bond donors (Lipinski definition) is 0. The Kier molecular flexibility index (Phi) is 5.78. The number of halogens is 4. The fourth-order valence-corrected chi connectivity index (χ4v) is 1.87. The molecule has 1 rings (SSSR count). The fraction of sp³-hybridized carbons (Fsp3) is 0.500. The van der Waals surface area contributed by atoms with Crippen molar-refractivity contribution in [3.05, 3.63) is 35.1 Å². The van der Waals surface area contributed by atoms with Crippen molar-refractivity contribution in [1.82, 2.24) is 4.90 Å². The van der Waals surface area contributed by atoms with Gasteiger partial charge in [-0.1, -0.05) is 6.07 Å². The van der Waals surface area contributed by atoms with Gasteiger partial charge in [-0.05, 0) is 30.2 Å². The maximum absolute atomic E-state index is 12.9. The zero-order valence-corrected chi connectivity index (χ0v) is 10.4. The summed E-state index contributed by atoms with van der Waals surface area (Å²) < 4.78 is 37.6. The summed E-state index contributed by atoms with van der Waals surface area (Å²) in [5, 5.41) is 0. The Morgan fingerprint density at radius 2 is 2.06 bits per heavy atom. The van der Waals surface area contributed by atoms with Crippen LogP contribution in [0.5, 0.6) is 0 Å². The van der Waals surface area contributed by atoms with E-state index in [2.05, 4.69) is 0 Å². The first kappa shape index (κ1) is 14.3. The number of nitrogens with zero attached hydrogens (tertiary/aromatic N) is 1.